The number of aromatic amines is 1. The van der Waals surface area contributed by atoms with Crippen molar-refractivity contribution < 1.29 is 22.7 Å². The Hall–Kier alpha value is -2.72. The third kappa shape index (κ3) is 3.74. The summed E-state index contributed by atoms with van der Waals surface area (Å²) in [4.78, 5) is 22.5. The first-order valence-corrected chi connectivity index (χ1v) is 10.0. The summed E-state index contributed by atoms with van der Waals surface area (Å²) in [6.45, 7) is 0.605. The maximum Gasteiger partial charge on any atom is 0.412 e. The van der Waals surface area contributed by atoms with Gasteiger partial charge in [0.2, 0.25) is 0 Å². The van der Waals surface area contributed by atoms with E-state index in [-0.39, 0.29) is 51.7 Å². The Morgan fingerprint density at radius 1 is 1.42 bits per heavy atom. The molecule has 3 aromatic rings. The van der Waals surface area contributed by atoms with Crippen LogP contribution in [0.1, 0.15) is 6.42 Å². The lowest BCUT2D eigenvalue weighted by molar-refractivity contribution is 0.203. The molecule has 7 nitrogen and oxygen atoms in total. The van der Waals surface area contributed by atoms with Gasteiger partial charge < -0.3 is 24.8 Å². The van der Waals surface area contributed by atoms with Crippen molar-refractivity contribution >= 4 is 45.3 Å². The SMILES string of the molecule is CNC(=O)Oc1cc(F)c(F)c2c1[nH]c1ncc(Cl)c(N3C[C@@H](F)C[C@H]3CN(C)C)c12. The maximum atomic E-state index is 15.0. The van der Waals surface area contributed by atoms with Crippen molar-refractivity contribution in [2.24, 2.45) is 0 Å². The van der Waals surface area contributed by atoms with Crippen molar-refractivity contribution in [3.05, 3.63) is 28.9 Å². The van der Waals surface area contributed by atoms with E-state index in [9.17, 15) is 13.6 Å². The van der Waals surface area contributed by atoms with Crippen LogP contribution in [0.25, 0.3) is 21.9 Å². The molecule has 0 spiro atoms. The molecule has 4 rings (SSSR count). The molecule has 1 fully saturated rings. The summed E-state index contributed by atoms with van der Waals surface area (Å²) >= 11 is 6.46. The molecule has 31 heavy (non-hydrogen) atoms. The number of anilines is 1. The third-order valence-electron chi connectivity index (χ3n) is 5.32. The largest absolute Gasteiger partial charge is 0.412 e. The second-order valence-corrected chi connectivity index (χ2v) is 8.17. The minimum atomic E-state index is -1.20. The predicted octanol–water partition coefficient (Wildman–Crippen LogP) is 3.84. The number of carbonyl (C=O) groups is 1. The zero-order valence-electron chi connectivity index (χ0n) is 17.1. The van der Waals surface area contributed by atoms with E-state index in [1.165, 1.54) is 13.2 Å². The van der Waals surface area contributed by atoms with Gasteiger partial charge in [-0.3, -0.25) is 0 Å². The smallest absolute Gasteiger partial charge is 0.408 e. The van der Waals surface area contributed by atoms with Gasteiger partial charge in [-0.15, -0.1) is 0 Å². The predicted molar refractivity (Wildman–Crippen MR) is 113 cm³/mol. The molecule has 0 radical (unpaired) electrons. The average Bonchev–Trinajstić information content (AvgIpc) is 3.26. The molecule has 2 N–H and O–H groups in total. The molecule has 1 amide bonds. The first-order chi connectivity index (χ1) is 14.7. The second kappa shape index (κ2) is 8.08. The van der Waals surface area contributed by atoms with Crippen molar-refractivity contribution in [1.29, 1.82) is 0 Å². The summed E-state index contributed by atoms with van der Waals surface area (Å²) in [5.74, 6) is -2.55. The van der Waals surface area contributed by atoms with Crippen molar-refractivity contribution in [3.63, 3.8) is 0 Å². The van der Waals surface area contributed by atoms with Crippen molar-refractivity contribution in [2.75, 3.05) is 39.1 Å². The van der Waals surface area contributed by atoms with Gasteiger partial charge in [-0.05, 0) is 14.1 Å². The van der Waals surface area contributed by atoms with Crippen LogP contribution < -0.4 is 15.0 Å². The molecular formula is C20H21ClF3N5O2. The molecule has 1 saturated heterocycles. The molecule has 2 atom stereocenters. The quantitative estimate of drug-likeness (QED) is 0.625. The van der Waals surface area contributed by atoms with Gasteiger partial charge in [-0.2, -0.15) is 0 Å². The van der Waals surface area contributed by atoms with E-state index in [0.717, 1.165) is 6.07 Å². The number of nitrogens with one attached hydrogen (secondary N) is 2. The summed E-state index contributed by atoms with van der Waals surface area (Å²) in [5.41, 5.74) is 0.626. The van der Waals surface area contributed by atoms with E-state index < -0.39 is 23.9 Å². The van der Waals surface area contributed by atoms with Crippen LogP contribution in [0, 0.1) is 11.6 Å². The minimum absolute atomic E-state index is 0.0497. The van der Waals surface area contributed by atoms with Crippen LogP contribution in [-0.2, 0) is 0 Å². The molecule has 3 heterocycles. The second-order valence-electron chi connectivity index (χ2n) is 7.76. The maximum absolute atomic E-state index is 15.0. The summed E-state index contributed by atoms with van der Waals surface area (Å²) in [7, 11) is 5.09. The lowest BCUT2D eigenvalue weighted by Gasteiger charge is -2.30. The molecule has 0 saturated carbocycles. The fraction of sp³-hybridized carbons (Fsp3) is 0.400. The minimum Gasteiger partial charge on any atom is -0.408 e. The number of benzene rings is 1. The number of halogens is 4. The van der Waals surface area contributed by atoms with Gasteiger partial charge in [0.15, 0.2) is 17.4 Å². The fourth-order valence-corrected chi connectivity index (χ4v) is 4.38. The van der Waals surface area contributed by atoms with E-state index in [1.54, 1.807) is 4.90 Å². The Morgan fingerprint density at radius 2 is 2.16 bits per heavy atom. The Bertz CT molecular complexity index is 1170. The molecular weight excluding hydrogens is 435 g/mol. The Kier molecular flexibility index (Phi) is 5.61. The highest BCUT2D eigenvalue weighted by atomic mass is 35.5. The number of hydrogen-bond donors (Lipinski definition) is 2. The molecule has 0 aliphatic carbocycles. The molecule has 2 aromatic heterocycles. The van der Waals surface area contributed by atoms with E-state index >= 15 is 4.39 Å². The number of alkyl halides is 1. The normalized spacial score (nSPS) is 19.0. The van der Waals surface area contributed by atoms with Crippen LogP contribution in [0.2, 0.25) is 5.02 Å². The van der Waals surface area contributed by atoms with Gasteiger partial charge in [-0.1, -0.05) is 11.6 Å². The zero-order valence-corrected chi connectivity index (χ0v) is 17.9. The van der Waals surface area contributed by atoms with Crippen LogP contribution >= 0.6 is 11.6 Å². The van der Waals surface area contributed by atoms with Gasteiger partial charge in [0.05, 0.1) is 33.2 Å². The van der Waals surface area contributed by atoms with E-state index in [2.05, 4.69) is 15.3 Å². The van der Waals surface area contributed by atoms with Crippen molar-refractivity contribution in [1.82, 2.24) is 20.2 Å². The van der Waals surface area contributed by atoms with Crippen LogP contribution in [0.3, 0.4) is 0 Å². The van der Waals surface area contributed by atoms with Gasteiger partial charge in [0.25, 0.3) is 0 Å². The van der Waals surface area contributed by atoms with Crippen LogP contribution in [0.15, 0.2) is 12.3 Å². The summed E-state index contributed by atoms with van der Waals surface area (Å²) in [5, 5.41) is 2.49. The number of nitrogens with zero attached hydrogens (tertiary/aromatic N) is 3. The number of pyridine rings is 1. The number of likely N-dealkylation sites (N-methyl/N-ethyl adjacent to an activating group) is 1. The number of rotatable bonds is 4. The highest BCUT2D eigenvalue weighted by Crippen LogP contribution is 2.44. The number of hydrogen-bond acceptors (Lipinski definition) is 5. The van der Waals surface area contributed by atoms with Crippen molar-refractivity contribution in [3.8, 4) is 5.75 Å². The zero-order chi connectivity index (χ0) is 22.4. The van der Waals surface area contributed by atoms with Gasteiger partial charge in [0, 0.05) is 38.7 Å². The highest BCUT2D eigenvalue weighted by Gasteiger charge is 2.36. The molecule has 1 aliphatic heterocycles. The van der Waals surface area contributed by atoms with Crippen LogP contribution in [0.4, 0.5) is 23.7 Å². The van der Waals surface area contributed by atoms with E-state index in [0.29, 0.717) is 12.2 Å². The van der Waals surface area contributed by atoms with Gasteiger partial charge >= 0.3 is 6.09 Å². The average molecular weight is 456 g/mol. The Morgan fingerprint density at radius 3 is 2.84 bits per heavy atom. The Balaban J connectivity index is 2.00. The first-order valence-electron chi connectivity index (χ1n) is 9.64. The molecule has 0 unspecified atom stereocenters. The molecule has 166 valence electrons. The van der Waals surface area contributed by atoms with Crippen molar-refractivity contribution in [2.45, 2.75) is 18.6 Å². The standard InChI is InChI=1S/C20H21ClF3N5O2/c1-25-20(30)31-13-5-12(23)16(24)14-15-18(11(21)6-26-19(15)27-17(13)14)29-7-9(22)4-10(29)8-28(2)3/h5-6,9-10H,4,7-8H2,1-3H3,(H,25,30)(H,26,27)/t9-,10-/m0/s1. The number of amides is 1. The topological polar surface area (TPSA) is 73.5 Å². The molecule has 11 heteroatoms. The number of fused-ring (bicyclic) bond motifs is 3. The van der Waals surface area contributed by atoms with Gasteiger partial charge in [0.1, 0.15) is 11.8 Å². The monoisotopic (exact) mass is 455 g/mol. The lowest BCUT2D eigenvalue weighted by Crippen LogP contribution is -2.37. The number of aromatic nitrogens is 2. The van der Waals surface area contributed by atoms with E-state index in [1.807, 2.05) is 19.0 Å². The summed E-state index contributed by atoms with van der Waals surface area (Å²) in [6.07, 6.45) is -0.283. The van der Waals surface area contributed by atoms with Crippen LogP contribution in [0.5, 0.6) is 5.75 Å². The molecule has 1 aliphatic rings. The Labute approximate surface area is 181 Å². The summed E-state index contributed by atoms with van der Waals surface area (Å²) < 4.78 is 49.0. The van der Waals surface area contributed by atoms with E-state index in [4.69, 9.17) is 16.3 Å². The number of carbonyl (C=O) groups excluding carboxylic acids is 1. The number of ether oxygens (including phenoxy) is 1. The van der Waals surface area contributed by atoms with Gasteiger partial charge in [-0.25, -0.2) is 22.9 Å². The number of H-pyrrole nitrogens is 1. The lowest BCUT2D eigenvalue weighted by atomic mass is 10.1. The highest BCUT2D eigenvalue weighted by molar-refractivity contribution is 6.36. The van der Waals surface area contributed by atoms with Crippen LogP contribution in [-0.4, -0.2) is 67.4 Å². The molecule has 1 aromatic carbocycles. The molecule has 0 bridgehead atoms. The first kappa shape index (κ1) is 21.5. The fourth-order valence-electron chi connectivity index (χ4n) is 4.13. The summed E-state index contributed by atoms with van der Waals surface area (Å²) in [6, 6.07) is 0.558. The third-order valence-corrected chi connectivity index (χ3v) is 5.59.